The maximum Gasteiger partial charge on any atom is 0.257 e. The molecule has 53 heavy (non-hydrogen) atoms. The van der Waals surface area contributed by atoms with E-state index in [1.807, 2.05) is 73.8 Å². The predicted molar refractivity (Wildman–Crippen MR) is 188 cm³/mol. The minimum Gasteiger partial charge on any atom is -0.392 e. The van der Waals surface area contributed by atoms with Gasteiger partial charge in [-0.05, 0) is 47.0 Å². The highest BCUT2D eigenvalue weighted by Crippen LogP contribution is 2.42. The lowest BCUT2D eigenvalue weighted by molar-refractivity contribution is -0.275. The van der Waals surface area contributed by atoms with E-state index in [1.54, 1.807) is 30.5 Å². The van der Waals surface area contributed by atoms with Crippen molar-refractivity contribution in [2.45, 2.75) is 45.0 Å². The summed E-state index contributed by atoms with van der Waals surface area (Å²) in [5.41, 5.74) is 3.92. The Bertz CT molecular complexity index is 2000. The quantitative estimate of drug-likeness (QED) is 0.0774. The first kappa shape index (κ1) is 37.7. The van der Waals surface area contributed by atoms with Gasteiger partial charge in [0.15, 0.2) is 29.6 Å². The normalized spacial score (nSPS) is 18.7. The summed E-state index contributed by atoms with van der Waals surface area (Å²) >= 11 is 0. The molecule has 0 bridgehead atoms. The average molecular weight is 732 g/mol. The molecule has 4 aromatic carbocycles. The number of carbonyl (C=O) groups is 1. The third-order valence-corrected chi connectivity index (χ3v) is 9.48. The van der Waals surface area contributed by atoms with Crippen LogP contribution in [0.4, 0.5) is 22.0 Å². The fourth-order valence-corrected chi connectivity index (χ4v) is 6.42. The number of likely N-dealkylation sites (N-methyl/N-ethyl adjacent to an activating group) is 1. The van der Waals surface area contributed by atoms with Gasteiger partial charge in [-0.25, -0.2) is 22.0 Å². The van der Waals surface area contributed by atoms with Gasteiger partial charge in [0.1, 0.15) is 5.56 Å². The number of nitrogens with one attached hydrogen (secondary N) is 1. The molecule has 276 valence electrons. The fourth-order valence-electron chi connectivity index (χ4n) is 6.42. The van der Waals surface area contributed by atoms with Crippen molar-refractivity contribution in [2.75, 3.05) is 20.1 Å². The van der Waals surface area contributed by atoms with Gasteiger partial charge in [0.2, 0.25) is 5.82 Å². The van der Waals surface area contributed by atoms with Gasteiger partial charge in [-0.15, -0.1) is 0 Å². The summed E-state index contributed by atoms with van der Waals surface area (Å²) in [6.45, 7) is 3.20. The van der Waals surface area contributed by atoms with Gasteiger partial charge in [0.25, 0.3) is 5.91 Å². The minimum atomic E-state index is -2.34. The molecule has 2 N–H and O–H groups in total. The van der Waals surface area contributed by atoms with E-state index in [0.29, 0.717) is 17.7 Å². The molecule has 1 fully saturated rings. The predicted octanol–water partition coefficient (Wildman–Crippen LogP) is 7.83. The average Bonchev–Trinajstić information content (AvgIpc) is 3.19. The second kappa shape index (κ2) is 16.8. The molecular formula is C41H38F5N3O4. The Morgan fingerprint density at radius 2 is 1.45 bits per heavy atom. The van der Waals surface area contributed by atoms with Crippen molar-refractivity contribution in [3.63, 3.8) is 0 Å². The van der Waals surface area contributed by atoms with Crippen molar-refractivity contribution in [2.24, 2.45) is 5.92 Å². The molecule has 6 rings (SSSR count). The van der Waals surface area contributed by atoms with E-state index in [1.165, 1.54) is 0 Å². The first-order valence-corrected chi connectivity index (χ1v) is 17.1. The van der Waals surface area contributed by atoms with Crippen LogP contribution in [0.5, 0.6) is 0 Å². The molecule has 12 heteroatoms. The van der Waals surface area contributed by atoms with Crippen LogP contribution in [0.1, 0.15) is 57.6 Å². The zero-order chi connectivity index (χ0) is 37.6. The number of rotatable bonds is 12. The zero-order valence-corrected chi connectivity index (χ0v) is 29.0. The molecule has 1 amide bonds. The highest BCUT2D eigenvalue weighted by Gasteiger charge is 2.39. The summed E-state index contributed by atoms with van der Waals surface area (Å²) in [5.74, 6) is -12.6. The summed E-state index contributed by atoms with van der Waals surface area (Å²) in [6.07, 6.45) is 1.34. The Labute approximate surface area is 304 Å². The molecule has 4 atom stereocenters. The molecule has 0 radical (unpaired) electrons. The van der Waals surface area contributed by atoms with Crippen LogP contribution in [0.3, 0.4) is 0 Å². The Morgan fingerprint density at radius 3 is 2.11 bits per heavy atom. The van der Waals surface area contributed by atoms with Gasteiger partial charge in [0.05, 0.1) is 18.8 Å². The second-order valence-corrected chi connectivity index (χ2v) is 13.1. The van der Waals surface area contributed by atoms with Gasteiger partial charge >= 0.3 is 0 Å². The monoisotopic (exact) mass is 731 g/mol. The van der Waals surface area contributed by atoms with E-state index in [-0.39, 0.29) is 31.3 Å². The summed E-state index contributed by atoms with van der Waals surface area (Å²) in [6, 6.07) is 27.9. The number of halogens is 5. The Balaban J connectivity index is 1.20. The molecular weight excluding hydrogens is 693 g/mol. The zero-order valence-electron chi connectivity index (χ0n) is 29.0. The van der Waals surface area contributed by atoms with Crippen molar-refractivity contribution in [1.29, 1.82) is 0 Å². The van der Waals surface area contributed by atoms with Crippen LogP contribution in [-0.2, 0) is 29.0 Å². The van der Waals surface area contributed by atoms with Crippen LogP contribution < -0.4 is 5.32 Å². The number of ether oxygens (including phenoxy) is 2. The molecule has 0 unspecified atom stereocenters. The van der Waals surface area contributed by atoms with Crippen molar-refractivity contribution >= 4 is 5.91 Å². The minimum absolute atomic E-state index is 0.0188. The third-order valence-electron chi connectivity index (χ3n) is 9.48. The van der Waals surface area contributed by atoms with Crippen LogP contribution >= 0.6 is 0 Å². The maximum atomic E-state index is 14.3. The van der Waals surface area contributed by atoms with E-state index >= 15 is 0 Å². The van der Waals surface area contributed by atoms with Crippen molar-refractivity contribution in [3.05, 3.63) is 160 Å². The number of benzene rings is 4. The van der Waals surface area contributed by atoms with Crippen LogP contribution in [-0.4, -0.2) is 47.1 Å². The summed E-state index contributed by atoms with van der Waals surface area (Å²) in [7, 11) is 2.05. The largest absolute Gasteiger partial charge is 0.392 e. The van der Waals surface area contributed by atoms with E-state index in [2.05, 4.69) is 22.1 Å². The van der Waals surface area contributed by atoms with Gasteiger partial charge in [0, 0.05) is 49.4 Å². The van der Waals surface area contributed by atoms with E-state index in [4.69, 9.17) is 9.47 Å². The maximum absolute atomic E-state index is 14.3. The Kier molecular flexibility index (Phi) is 11.9. The highest BCUT2D eigenvalue weighted by molar-refractivity contribution is 5.95. The van der Waals surface area contributed by atoms with Crippen LogP contribution in [0.15, 0.2) is 97.2 Å². The first-order chi connectivity index (χ1) is 25.5. The first-order valence-electron chi connectivity index (χ1n) is 17.1. The topological polar surface area (TPSA) is 83.9 Å². The van der Waals surface area contributed by atoms with Crippen molar-refractivity contribution < 1.29 is 41.3 Å². The van der Waals surface area contributed by atoms with Crippen molar-refractivity contribution in [1.82, 2.24) is 15.2 Å². The van der Waals surface area contributed by atoms with Gasteiger partial charge in [-0.1, -0.05) is 85.8 Å². The van der Waals surface area contributed by atoms with Gasteiger partial charge in [-0.3, -0.25) is 9.78 Å². The molecule has 1 aliphatic rings. The third kappa shape index (κ3) is 8.47. The molecule has 1 aromatic heterocycles. The smallest absolute Gasteiger partial charge is 0.257 e. The number of hydrogen-bond acceptors (Lipinski definition) is 6. The number of nitrogens with zero attached hydrogens (tertiary/aromatic N) is 2. The fraction of sp³-hybridized carbons (Fsp3) is 0.268. The lowest BCUT2D eigenvalue weighted by atomic mass is 9.90. The lowest BCUT2D eigenvalue weighted by Crippen LogP contribution is -2.43. The molecule has 0 saturated carbocycles. The lowest BCUT2D eigenvalue weighted by Gasteiger charge is -2.42. The van der Waals surface area contributed by atoms with Crippen LogP contribution in [0.2, 0.25) is 0 Å². The summed E-state index contributed by atoms with van der Waals surface area (Å²) in [5, 5.41) is 11.9. The van der Waals surface area contributed by atoms with Gasteiger partial charge < -0.3 is 24.8 Å². The molecule has 2 heterocycles. The summed E-state index contributed by atoms with van der Waals surface area (Å²) < 4.78 is 82.7. The Morgan fingerprint density at radius 1 is 0.811 bits per heavy atom. The molecule has 1 saturated heterocycles. The number of amides is 1. The van der Waals surface area contributed by atoms with E-state index in [0.717, 1.165) is 40.9 Å². The van der Waals surface area contributed by atoms with Crippen LogP contribution in [0, 0.1) is 35.0 Å². The van der Waals surface area contributed by atoms with Crippen LogP contribution in [0.25, 0.3) is 11.1 Å². The number of hydrogen-bond donors (Lipinski definition) is 2. The SMILES string of the molecule is C[C@@H]1[C@H](CN(C)CCc2ccccn2)O[C@H](c2ccc(-c3ccccc3CNC(=O)c3c(F)c(F)c(F)c(F)c3F)cc2)O[C@@H]1c1ccc(CO)cc1. The summed E-state index contributed by atoms with van der Waals surface area (Å²) in [4.78, 5) is 19.3. The second-order valence-electron chi connectivity index (χ2n) is 13.1. The molecule has 1 aliphatic heterocycles. The number of carbonyl (C=O) groups excluding carboxylic acids is 1. The number of aliphatic hydroxyl groups excluding tert-OH is 1. The standard InChI is InChI=1S/C41H38F5N3O4/c1-24-32(22-49(2)20-18-30-8-5-6-19-47-30)52-41(53-39(24)27-12-10-25(23-50)11-13-27)28-16-14-26(15-17-28)31-9-4-3-7-29(31)21-48-40(51)33-34(42)36(44)38(46)37(45)35(33)43/h3-17,19,24,32,39,41,50H,18,20-23H2,1-2H3,(H,48,51)/t24-,32+,39+,41+/m1/s1. The van der Waals surface area contributed by atoms with E-state index < -0.39 is 46.8 Å². The molecule has 7 nitrogen and oxygen atoms in total. The van der Waals surface area contributed by atoms with Crippen molar-refractivity contribution in [3.8, 4) is 11.1 Å². The Hall–Kier alpha value is -5.01. The highest BCUT2D eigenvalue weighted by atomic mass is 19.2. The number of aromatic nitrogens is 1. The van der Waals surface area contributed by atoms with Gasteiger partial charge in [-0.2, -0.15) is 0 Å². The molecule has 0 aliphatic carbocycles. The number of aliphatic hydroxyl groups is 1. The molecule has 0 spiro atoms. The number of pyridine rings is 1. The molecule has 5 aromatic rings. The van der Waals surface area contributed by atoms with E-state index in [9.17, 15) is 31.9 Å².